The monoisotopic (exact) mass is 210 g/mol. The highest BCUT2D eigenvalue weighted by atomic mass is 14.1. The summed E-state index contributed by atoms with van der Waals surface area (Å²) in [6.45, 7) is 8.45. The summed E-state index contributed by atoms with van der Waals surface area (Å²) in [6, 6.07) is 0. The minimum Gasteiger partial charge on any atom is -0.103 e. The molecule has 0 aliphatic carbocycles. The molecular formula is C15H30. The third-order valence-electron chi connectivity index (χ3n) is 3.16. The molecule has 0 radical (unpaired) electrons. The average Bonchev–Trinajstić information content (AvgIpc) is 2.23. The van der Waals surface area contributed by atoms with Crippen LogP contribution in [0.25, 0.3) is 0 Å². The van der Waals surface area contributed by atoms with E-state index in [1.807, 2.05) is 6.08 Å². The highest BCUT2D eigenvalue weighted by Crippen LogP contribution is 2.17. The van der Waals surface area contributed by atoms with Crippen LogP contribution < -0.4 is 0 Å². The van der Waals surface area contributed by atoms with Crippen molar-refractivity contribution in [2.45, 2.75) is 78.1 Å². The predicted octanol–water partition coefficient (Wildman–Crippen LogP) is 5.73. The second kappa shape index (κ2) is 11.8. The normalized spacial score (nSPS) is 12.7. The fraction of sp³-hybridized carbons (Fsp3) is 0.867. The van der Waals surface area contributed by atoms with E-state index in [0.717, 1.165) is 5.92 Å². The van der Waals surface area contributed by atoms with Gasteiger partial charge < -0.3 is 0 Å². The zero-order valence-corrected chi connectivity index (χ0v) is 10.9. The zero-order chi connectivity index (χ0) is 11.4. The Bertz CT molecular complexity index is 126. The Hall–Kier alpha value is -0.260. The van der Waals surface area contributed by atoms with Crippen molar-refractivity contribution in [2.75, 3.05) is 0 Å². The maximum absolute atomic E-state index is 3.75. The second-order valence-electron chi connectivity index (χ2n) is 4.88. The third-order valence-corrected chi connectivity index (χ3v) is 3.16. The molecule has 0 aliphatic rings. The molecule has 0 fully saturated rings. The van der Waals surface area contributed by atoms with Crippen molar-refractivity contribution in [3.8, 4) is 0 Å². The topological polar surface area (TPSA) is 0 Å². The van der Waals surface area contributed by atoms with Crippen LogP contribution in [0.15, 0.2) is 12.7 Å². The minimum atomic E-state index is 0.955. The second-order valence-corrected chi connectivity index (χ2v) is 4.88. The molecule has 1 unspecified atom stereocenters. The molecule has 0 heterocycles. The molecule has 1 atom stereocenters. The first-order chi connectivity index (χ1) is 7.31. The summed E-state index contributed by atoms with van der Waals surface area (Å²) in [4.78, 5) is 0. The van der Waals surface area contributed by atoms with Gasteiger partial charge in [-0.3, -0.25) is 0 Å². The Morgan fingerprint density at radius 3 is 2.13 bits per heavy atom. The molecule has 0 aromatic carbocycles. The number of rotatable bonds is 11. The fourth-order valence-electron chi connectivity index (χ4n) is 2.02. The van der Waals surface area contributed by atoms with Crippen molar-refractivity contribution in [2.24, 2.45) is 5.92 Å². The summed E-state index contributed by atoms with van der Waals surface area (Å²) in [5, 5.41) is 0. The molecule has 0 N–H and O–H groups in total. The molecule has 0 aromatic rings. The molecule has 0 saturated heterocycles. The SMILES string of the molecule is C=CCCCCCCC(C)CCCCC. The maximum atomic E-state index is 3.75. The lowest BCUT2D eigenvalue weighted by molar-refractivity contribution is 0.438. The summed E-state index contributed by atoms with van der Waals surface area (Å²) < 4.78 is 0. The van der Waals surface area contributed by atoms with E-state index < -0.39 is 0 Å². The average molecular weight is 210 g/mol. The number of allylic oxidation sites excluding steroid dienone is 1. The van der Waals surface area contributed by atoms with Crippen LogP contribution in [0, 0.1) is 5.92 Å². The van der Waals surface area contributed by atoms with E-state index in [-0.39, 0.29) is 0 Å². The van der Waals surface area contributed by atoms with Gasteiger partial charge in [0.05, 0.1) is 0 Å². The van der Waals surface area contributed by atoms with Crippen LogP contribution in [0.3, 0.4) is 0 Å². The van der Waals surface area contributed by atoms with Crippen molar-refractivity contribution in [1.29, 1.82) is 0 Å². The quantitative estimate of drug-likeness (QED) is 0.302. The van der Waals surface area contributed by atoms with Gasteiger partial charge in [-0.25, -0.2) is 0 Å². The summed E-state index contributed by atoms with van der Waals surface area (Å²) in [7, 11) is 0. The summed E-state index contributed by atoms with van der Waals surface area (Å²) >= 11 is 0. The molecular weight excluding hydrogens is 180 g/mol. The molecule has 90 valence electrons. The predicted molar refractivity (Wildman–Crippen MR) is 71.2 cm³/mol. The number of hydrogen-bond donors (Lipinski definition) is 0. The Kier molecular flexibility index (Phi) is 11.6. The van der Waals surface area contributed by atoms with Crippen LogP contribution in [0.2, 0.25) is 0 Å². The maximum Gasteiger partial charge on any atom is -0.0353 e. The van der Waals surface area contributed by atoms with E-state index in [0.29, 0.717) is 0 Å². The molecule has 0 aliphatic heterocycles. The molecule has 0 rings (SSSR count). The lowest BCUT2D eigenvalue weighted by Crippen LogP contribution is -1.94. The highest BCUT2D eigenvalue weighted by molar-refractivity contribution is 4.65. The van der Waals surface area contributed by atoms with Crippen molar-refractivity contribution in [3.05, 3.63) is 12.7 Å². The number of unbranched alkanes of at least 4 members (excludes halogenated alkanes) is 6. The van der Waals surface area contributed by atoms with E-state index in [2.05, 4.69) is 20.4 Å². The van der Waals surface area contributed by atoms with Gasteiger partial charge in [0.2, 0.25) is 0 Å². The molecule has 15 heavy (non-hydrogen) atoms. The first kappa shape index (κ1) is 14.7. The standard InChI is InChI=1S/C15H30/c1-4-6-8-9-10-12-14-15(3)13-11-7-5-2/h4,15H,1,5-14H2,2-3H3. The smallest absolute Gasteiger partial charge is 0.0353 e. The van der Waals surface area contributed by atoms with Gasteiger partial charge in [0.1, 0.15) is 0 Å². The van der Waals surface area contributed by atoms with E-state index in [9.17, 15) is 0 Å². The first-order valence-electron chi connectivity index (χ1n) is 6.92. The molecule has 0 saturated carbocycles. The van der Waals surface area contributed by atoms with E-state index in [4.69, 9.17) is 0 Å². The molecule has 0 bridgehead atoms. The van der Waals surface area contributed by atoms with Crippen molar-refractivity contribution >= 4 is 0 Å². The Balaban J connectivity index is 3.09. The van der Waals surface area contributed by atoms with E-state index >= 15 is 0 Å². The van der Waals surface area contributed by atoms with Gasteiger partial charge in [0, 0.05) is 0 Å². The summed E-state index contributed by atoms with van der Waals surface area (Å²) in [5.41, 5.74) is 0. The lowest BCUT2D eigenvalue weighted by Gasteiger charge is -2.10. The largest absolute Gasteiger partial charge is 0.103 e. The van der Waals surface area contributed by atoms with Crippen LogP contribution in [-0.2, 0) is 0 Å². The van der Waals surface area contributed by atoms with Gasteiger partial charge in [0.25, 0.3) is 0 Å². The molecule has 0 amide bonds. The van der Waals surface area contributed by atoms with Crippen LogP contribution in [0.1, 0.15) is 78.1 Å². The van der Waals surface area contributed by atoms with Gasteiger partial charge in [-0.05, 0) is 18.8 Å². The van der Waals surface area contributed by atoms with Crippen molar-refractivity contribution in [3.63, 3.8) is 0 Å². The van der Waals surface area contributed by atoms with E-state index in [1.54, 1.807) is 0 Å². The summed E-state index contributed by atoms with van der Waals surface area (Å²) in [6.07, 6.45) is 15.9. The number of hydrogen-bond acceptors (Lipinski definition) is 0. The van der Waals surface area contributed by atoms with Gasteiger partial charge in [-0.2, -0.15) is 0 Å². The van der Waals surface area contributed by atoms with E-state index in [1.165, 1.54) is 64.2 Å². The third kappa shape index (κ3) is 11.7. The molecule has 0 aromatic heterocycles. The van der Waals surface area contributed by atoms with Crippen molar-refractivity contribution in [1.82, 2.24) is 0 Å². The van der Waals surface area contributed by atoms with Crippen LogP contribution in [0.5, 0.6) is 0 Å². The lowest BCUT2D eigenvalue weighted by atomic mass is 9.96. The Labute approximate surface area is 97.2 Å². The molecule has 0 spiro atoms. The Morgan fingerprint density at radius 1 is 0.933 bits per heavy atom. The van der Waals surface area contributed by atoms with Crippen LogP contribution in [-0.4, -0.2) is 0 Å². The first-order valence-corrected chi connectivity index (χ1v) is 6.92. The highest BCUT2D eigenvalue weighted by Gasteiger charge is 2.01. The van der Waals surface area contributed by atoms with Crippen LogP contribution in [0.4, 0.5) is 0 Å². The fourth-order valence-corrected chi connectivity index (χ4v) is 2.02. The summed E-state index contributed by atoms with van der Waals surface area (Å²) in [5.74, 6) is 0.955. The van der Waals surface area contributed by atoms with Crippen LogP contribution >= 0.6 is 0 Å². The van der Waals surface area contributed by atoms with Crippen molar-refractivity contribution < 1.29 is 0 Å². The zero-order valence-electron chi connectivity index (χ0n) is 10.9. The minimum absolute atomic E-state index is 0.955. The van der Waals surface area contributed by atoms with Gasteiger partial charge in [-0.15, -0.1) is 6.58 Å². The molecule has 0 heteroatoms. The van der Waals surface area contributed by atoms with Gasteiger partial charge in [-0.1, -0.05) is 71.3 Å². The Morgan fingerprint density at radius 2 is 1.53 bits per heavy atom. The molecule has 0 nitrogen and oxygen atoms in total. The van der Waals surface area contributed by atoms with Gasteiger partial charge >= 0.3 is 0 Å². The van der Waals surface area contributed by atoms with Gasteiger partial charge in [0.15, 0.2) is 0 Å².